The standard InChI is InChI=1S/C26H13Cl3FN5O3/c1-12-4-22(13-5-14(27)7-15(30)6-13)32-21-3-2-17(10-18(12)21)38-24-19(28)8-16(9-20(24)29)35-26(37)33-25(36)23(11-31)34-35/h2-10H,1H3,(H,33,36,37). The number of halogens is 4. The Balaban J connectivity index is 1.50. The Bertz CT molecular complexity index is 1890. The van der Waals surface area contributed by atoms with Gasteiger partial charge in [0.05, 0.1) is 26.9 Å². The van der Waals surface area contributed by atoms with Crippen molar-refractivity contribution in [3.63, 3.8) is 0 Å². The van der Waals surface area contributed by atoms with Crippen LogP contribution in [0.4, 0.5) is 4.39 Å². The lowest BCUT2D eigenvalue weighted by atomic mass is 10.0. The maximum atomic E-state index is 13.8. The van der Waals surface area contributed by atoms with E-state index in [-0.39, 0.29) is 26.5 Å². The number of aromatic amines is 1. The highest BCUT2D eigenvalue weighted by Gasteiger charge is 2.16. The van der Waals surface area contributed by atoms with Crippen molar-refractivity contribution in [2.24, 2.45) is 0 Å². The summed E-state index contributed by atoms with van der Waals surface area (Å²) in [6.45, 7) is 1.89. The molecule has 2 aromatic heterocycles. The second-order valence-electron chi connectivity index (χ2n) is 8.13. The lowest BCUT2D eigenvalue weighted by Gasteiger charge is -2.13. The van der Waals surface area contributed by atoms with E-state index >= 15 is 0 Å². The quantitative estimate of drug-likeness (QED) is 0.276. The number of pyridine rings is 1. The van der Waals surface area contributed by atoms with E-state index < -0.39 is 22.8 Å². The zero-order valence-electron chi connectivity index (χ0n) is 19.2. The molecule has 0 radical (unpaired) electrons. The summed E-state index contributed by atoms with van der Waals surface area (Å²) in [5.41, 5.74) is 0.479. The number of nitriles is 1. The molecule has 0 saturated carbocycles. The molecule has 1 N–H and O–H groups in total. The van der Waals surface area contributed by atoms with Crippen LogP contribution in [0.2, 0.25) is 15.1 Å². The molecule has 38 heavy (non-hydrogen) atoms. The summed E-state index contributed by atoms with van der Waals surface area (Å²) in [7, 11) is 0. The van der Waals surface area contributed by atoms with Crippen molar-refractivity contribution < 1.29 is 9.13 Å². The Hall–Kier alpha value is -4.23. The Kier molecular flexibility index (Phi) is 6.63. The van der Waals surface area contributed by atoms with Crippen molar-refractivity contribution in [2.45, 2.75) is 6.92 Å². The molecule has 0 aliphatic rings. The van der Waals surface area contributed by atoms with Crippen molar-refractivity contribution >= 4 is 45.7 Å². The van der Waals surface area contributed by atoms with Gasteiger partial charge in [-0.15, -0.1) is 5.10 Å². The average molecular weight is 569 g/mol. The van der Waals surface area contributed by atoms with Gasteiger partial charge in [-0.25, -0.2) is 14.2 Å². The first-order chi connectivity index (χ1) is 18.1. The molecular weight excluding hydrogens is 556 g/mol. The van der Waals surface area contributed by atoms with Gasteiger partial charge in [-0.2, -0.15) is 9.94 Å². The first-order valence-corrected chi connectivity index (χ1v) is 12.0. The van der Waals surface area contributed by atoms with E-state index in [1.165, 1.54) is 24.3 Å². The summed E-state index contributed by atoms with van der Waals surface area (Å²) < 4.78 is 20.6. The van der Waals surface area contributed by atoms with E-state index in [1.54, 1.807) is 30.3 Å². The molecule has 3 aromatic carbocycles. The van der Waals surface area contributed by atoms with Crippen molar-refractivity contribution in [1.29, 1.82) is 5.26 Å². The number of aryl methyl sites for hydroxylation is 1. The predicted octanol–water partition coefficient (Wildman–Crippen LogP) is 6.21. The van der Waals surface area contributed by atoms with Crippen molar-refractivity contribution in [1.82, 2.24) is 19.7 Å². The molecule has 188 valence electrons. The molecule has 0 aliphatic heterocycles. The Labute approximate surface area is 228 Å². The van der Waals surface area contributed by atoms with Crippen LogP contribution in [0, 0.1) is 24.1 Å². The zero-order chi connectivity index (χ0) is 27.1. The summed E-state index contributed by atoms with van der Waals surface area (Å²) in [4.78, 5) is 30.5. The van der Waals surface area contributed by atoms with E-state index in [4.69, 9.17) is 44.8 Å². The van der Waals surface area contributed by atoms with Crippen LogP contribution in [-0.4, -0.2) is 19.7 Å². The highest BCUT2D eigenvalue weighted by molar-refractivity contribution is 6.37. The first-order valence-electron chi connectivity index (χ1n) is 10.8. The van der Waals surface area contributed by atoms with Crippen LogP contribution < -0.4 is 16.0 Å². The fourth-order valence-electron chi connectivity index (χ4n) is 3.82. The third-order valence-corrected chi connectivity index (χ3v) is 6.31. The van der Waals surface area contributed by atoms with Gasteiger partial charge >= 0.3 is 5.69 Å². The minimum absolute atomic E-state index is 0.0548. The van der Waals surface area contributed by atoms with Gasteiger partial charge in [0.25, 0.3) is 5.56 Å². The van der Waals surface area contributed by atoms with Crippen molar-refractivity contribution in [3.8, 4) is 34.5 Å². The molecule has 8 nitrogen and oxygen atoms in total. The van der Waals surface area contributed by atoms with E-state index in [0.29, 0.717) is 22.5 Å². The van der Waals surface area contributed by atoms with Crippen molar-refractivity contribution in [3.05, 3.63) is 108 Å². The lowest BCUT2D eigenvalue weighted by Crippen LogP contribution is -2.33. The van der Waals surface area contributed by atoms with Crippen LogP contribution in [0.3, 0.4) is 0 Å². The number of ether oxygens (including phenoxy) is 1. The molecule has 2 heterocycles. The van der Waals surface area contributed by atoms with Crippen LogP contribution in [0.5, 0.6) is 11.5 Å². The van der Waals surface area contributed by atoms with Gasteiger partial charge in [0.15, 0.2) is 5.75 Å². The van der Waals surface area contributed by atoms with E-state index in [0.717, 1.165) is 15.6 Å². The lowest BCUT2D eigenvalue weighted by molar-refractivity contribution is 0.483. The Morgan fingerprint density at radius 1 is 1.03 bits per heavy atom. The van der Waals surface area contributed by atoms with E-state index in [2.05, 4.69) is 10.1 Å². The predicted molar refractivity (Wildman–Crippen MR) is 142 cm³/mol. The van der Waals surface area contributed by atoms with Gasteiger partial charge in [0, 0.05) is 16.0 Å². The van der Waals surface area contributed by atoms with Crippen LogP contribution >= 0.6 is 34.8 Å². The van der Waals surface area contributed by atoms with Gasteiger partial charge in [-0.05, 0) is 67.1 Å². The number of H-pyrrole nitrogens is 1. The number of nitrogens with one attached hydrogen (secondary N) is 1. The SMILES string of the molecule is Cc1cc(-c2cc(F)cc(Cl)c2)nc2ccc(Oc3c(Cl)cc(-n4nc(C#N)c(=O)[nH]c4=O)cc3Cl)cc12. The first kappa shape index (κ1) is 25.4. The maximum absolute atomic E-state index is 13.8. The topological polar surface area (TPSA) is 114 Å². The second-order valence-corrected chi connectivity index (χ2v) is 9.38. The fraction of sp³-hybridized carbons (Fsp3) is 0.0385. The van der Waals surface area contributed by atoms with Gasteiger partial charge in [-0.1, -0.05) is 34.8 Å². The largest absolute Gasteiger partial charge is 0.454 e. The third kappa shape index (κ3) is 4.85. The molecule has 0 spiro atoms. The smallest absolute Gasteiger partial charge is 0.349 e. The number of benzene rings is 3. The van der Waals surface area contributed by atoms with Gasteiger partial charge in [-0.3, -0.25) is 9.78 Å². The molecule has 0 aliphatic carbocycles. The number of aromatic nitrogens is 4. The maximum Gasteiger partial charge on any atom is 0.349 e. The number of nitrogens with zero attached hydrogens (tertiary/aromatic N) is 4. The zero-order valence-corrected chi connectivity index (χ0v) is 21.5. The highest BCUT2D eigenvalue weighted by atomic mass is 35.5. The molecule has 12 heteroatoms. The molecule has 0 bridgehead atoms. The van der Waals surface area contributed by atoms with Gasteiger partial charge in [0.2, 0.25) is 5.69 Å². The summed E-state index contributed by atoms with van der Waals surface area (Å²) in [5.74, 6) is 0.0694. The van der Waals surface area contributed by atoms with Crippen molar-refractivity contribution in [2.75, 3.05) is 0 Å². The van der Waals surface area contributed by atoms with Crippen LogP contribution in [0.15, 0.2) is 64.2 Å². The highest BCUT2D eigenvalue weighted by Crippen LogP contribution is 2.39. The number of hydrogen-bond acceptors (Lipinski definition) is 6. The van der Waals surface area contributed by atoms with Gasteiger partial charge < -0.3 is 4.74 Å². The number of rotatable bonds is 4. The molecule has 0 saturated heterocycles. The van der Waals surface area contributed by atoms with Crippen LogP contribution in [0.1, 0.15) is 11.3 Å². The monoisotopic (exact) mass is 567 g/mol. The minimum Gasteiger partial charge on any atom is -0.454 e. The normalized spacial score (nSPS) is 10.9. The molecular formula is C26H13Cl3FN5O3. The Morgan fingerprint density at radius 2 is 1.76 bits per heavy atom. The summed E-state index contributed by atoms with van der Waals surface area (Å²) in [6, 6.07) is 15.6. The van der Waals surface area contributed by atoms with Crippen LogP contribution in [-0.2, 0) is 0 Å². The van der Waals surface area contributed by atoms with Gasteiger partial charge in [0.1, 0.15) is 17.6 Å². The number of hydrogen-bond donors (Lipinski definition) is 1. The molecule has 0 atom stereocenters. The second kappa shape index (κ2) is 9.91. The van der Waals surface area contributed by atoms with E-state index in [1.807, 2.05) is 18.0 Å². The molecule has 0 fully saturated rings. The molecule has 5 aromatic rings. The Morgan fingerprint density at radius 3 is 2.45 bits per heavy atom. The van der Waals surface area contributed by atoms with E-state index in [9.17, 15) is 14.0 Å². The molecule has 0 unspecified atom stereocenters. The average Bonchev–Trinajstić information content (AvgIpc) is 2.86. The summed E-state index contributed by atoms with van der Waals surface area (Å²) in [5, 5.41) is 14.0. The fourth-order valence-corrected chi connectivity index (χ4v) is 4.59. The third-order valence-electron chi connectivity index (χ3n) is 5.53. The molecule has 5 rings (SSSR count). The molecule has 0 amide bonds. The summed E-state index contributed by atoms with van der Waals surface area (Å²) in [6.07, 6.45) is 0. The number of fused-ring (bicyclic) bond motifs is 1. The van der Waals surface area contributed by atoms with Crippen LogP contribution in [0.25, 0.3) is 27.8 Å². The summed E-state index contributed by atoms with van der Waals surface area (Å²) >= 11 is 18.8. The minimum atomic E-state index is -0.904.